The molecule has 2 aromatic rings. The minimum atomic E-state index is -0.274. The van der Waals surface area contributed by atoms with Crippen molar-refractivity contribution in [2.75, 3.05) is 5.32 Å². The lowest BCUT2D eigenvalue weighted by Gasteiger charge is -2.10. The average molecular weight is 384 g/mol. The summed E-state index contributed by atoms with van der Waals surface area (Å²) in [6.07, 6.45) is 2.47. The molecule has 28 heavy (non-hydrogen) atoms. The van der Waals surface area contributed by atoms with Gasteiger partial charge in [0, 0.05) is 29.6 Å². The number of carbonyl (C=O) groups is 2. The first kappa shape index (κ1) is 19.9. The molecular weight excluding hydrogens is 356 g/mol. The lowest BCUT2D eigenvalue weighted by atomic mass is 10.1. The molecule has 1 fully saturated rings. The fourth-order valence-electron chi connectivity index (χ4n) is 3.07. The Morgan fingerprint density at radius 2 is 1.93 bits per heavy atom. The second kappa shape index (κ2) is 8.04. The van der Waals surface area contributed by atoms with E-state index in [1.807, 2.05) is 33.8 Å². The van der Waals surface area contributed by atoms with Crippen molar-refractivity contribution >= 4 is 17.6 Å². The Kier molecular flexibility index (Phi) is 5.72. The van der Waals surface area contributed by atoms with E-state index in [-0.39, 0.29) is 29.6 Å². The molecule has 1 aliphatic rings. The van der Waals surface area contributed by atoms with E-state index in [1.165, 1.54) is 10.7 Å². The van der Waals surface area contributed by atoms with E-state index in [9.17, 15) is 14.7 Å². The van der Waals surface area contributed by atoms with Gasteiger partial charge >= 0.3 is 6.03 Å². The van der Waals surface area contributed by atoms with Gasteiger partial charge in [0.15, 0.2) is 0 Å². The third-order valence-corrected chi connectivity index (χ3v) is 4.49. The number of benzene rings is 1. The molecule has 3 rings (SSSR count). The molecule has 0 saturated heterocycles. The first-order chi connectivity index (χ1) is 13.2. The smallest absolute Gasteiger partial charge is 0.342 e. The highest BCUT2D eigenvalue weighted by atomic mass is 16.3. The maximum atomic E-state index is 12.5. The monoisotopic (exact) mass is 384 g/mol. The molecule has 2 amide bonds. The van der Waals surface area contributed by atoms with Crippen LogP contribution in [0.3, 0.4) is 0 Å². The van der Waals surface area contributed by atoms with Crippen LogP contribution in [-0.2, 0) is 4.79 Å². The maximum absolute atomic E-state index is 12.5. The molecule has 0 aliphatic heterocycles. The molecule has 1 aromatic heterocycles. The quantitative estimate of drug-likeness (QED) is 0.654. The van der Waals surface area contributed by atoms with Crippen LogP contribution in [0.5, 0.6) is 5.75 Å². The number of hydrogen-bond acceptors (Lipinski definition) is 4. The molecule has 150 valence electrons. The molecule has 0 bridgehead atoms. The first-order valence-electron chi connectivity index (χ1n) is 9.78. The summed E-state index contributed by atoms with van der Waals surface area (Å²) >= 11 is 0. The second-order valence-corrected chi connectivity index (χ2v) is 8.12. The Hall–Kier alpha value is -2.83. The average Bonchev–Trinajstić information content (AvgIpc) is 3.34. The predicted molar refractivity (Wildman–Crippen MR) is 108 cm³/mol. The van der Waals surface area contributed by atoms with Gasteiger partial charge in [-0.3, -0.25) is 4.79 Å². The molecule has 0 atom stereocenters. The van der Waals surface area contributed by atoms with E-state index >= 15 is 0 Å². The second-order valence-electron chi connectivity index (χ2n) is 8.12. The Labute approximate surface area is 165 Å². The Morgan fingerprint density at radius 3 is 2.54 bits per heavy atom. The van der Waals surface area contributed by atoms with Gasteiger partial charge in [-0.2, -0.15) is 9.78 Å². The number of anilines is 1. The molecule has 1 saturated carbocycles. The zero-order valence-corrected chi connectivity index (χ0v) is 16.8. The van der Waals surface area contributed by atoms with E-state index < -0.39 is 0 Å². The third-order valence-electron chi connectivity index (χ3n) is 4.49. The number of hydrogen-bond donors (Lipinski definition) is 3. The summed E-state index contributed by atoms with van der Waals surface area (Å²) in [5.74, 6) is 0.549. The fourth-order valence-corrected chi connectivity index (χ4v) is 3.07. The number of phenols is 1. The highest BCUT2D eigenvalue weighted by molar-refractivity contribution is 5.92. The van der Waals surface area contributed by atoms with Gasteiger partial charge in [0.1, 0.15) is 5.75 Å². The van der Waals surface area contributed by atoms with Crippen LogP contribution in [0.15, 0.2) is 24.3 Å². The van der Waals surface area contributed by atoms with Crippen LogP contribution in [0.25, 0.3) is 11.3 Å². The van der Waals surface area contributed by atoms with Crippen LogP contribution in [0.2, 0.25) is 0 Å². The predicted octanol–water partition coefficient (Wildman–Crippen LogP) is 4.08. The van der Waals surface area contributed by atoms with Crippen molar-refractivity contribution in [1.29, 1.82) is 0 Å². The van der Waals surface area contributed by atoms with Crippen LogP contribution < -0.4 is 10.6 Å². The number of aromatic nitrogens is 2. The zero-order valence-electron chi connectivity index (χ0n) is 16.8. The summed E-state index contributed by atoms with van der Waals surface area (Å²) < 4.78 is 1.40. The summed E-state index contributed by atoms with van der Waals surface area (Å²) in [5, 5.41) is 20.5. The molecule has 1 heterocycles. The van der Waals surface area contributed by atoms with Crippen molar-refractivity contribution in [2.24, 2.45) is 5.92 Å². The van der Waals surface area contributed by atoms with Gasteiger partial charge < -0.3 is 15.7 Å². The van der Waals surface area contributed by atoms with Gasteiger partial charge in [0.05, 0.1) is 11.4 Å². The van der Waals surface area contributed by atoms with Crippen molar-refractivity contribution in [3.63, 3.8) is 0 Å². The van der Waals surface area contributed by atoms with Crippen molar-refractivity contribution < 1.29 is 14.7 Å². The van der Waals surface area contributed by atoms with Crippen LogP contribution in [0.1, 0.15) is 58.6 Å². The number of amides is 2. The first-order valence-corrected chi connectivity index (χ1v) is 9.78. The van der Waals surface area contributed by atoms with Crippen LogP contribution in [0, 0.1) is 5.92 Å². The van der Waals surface area contributed by atoms with Crippen LogP contribution in [-0.4, -0.2) is 32.9 Å². The lowest BCUT2D eigenvalue weighted by molar-refractivity contribution is -0.116. The highest BCUT2D eigenvalue weighted by Crippen LogP contribution is 2.42. The van der Waals surface area contributed by atoms with Gasteiger partial charge in [-0.25, -0.2) is 4.79 Å². The molecule has 3 N–H and O–H groups in total. The SMILES string of the molecule is CC(C)CC(=O)Nc1ccc(O)c(-c2cc(C3CC3)n(C(=O)NC(C)C)n2)c1. The van der Waals surface area contributed by atoms with Crippen molar-refractivity contribution in [2.45, 2.75) is 58.9 Å². The maximum Gasteiger partial charge on any atom is 0.342 e. The van der Waals surface area contributed by atoms with Gasteiger partial charge in [0.2, 0.25) is 5.91 Å². The highest BCUT2D eigenvalue weighted by Gasteiger charge is 2.31. The van der Waals surface area contributed by atoms with Gasteiger partial charge in [-0.15, -0.1) is 0 Å². The molecule has 0 spiro atoms. The summed E-state index contributed by atoms with van der Waals surface area (Å²) in [7, 11) is 0. The lowest BCUT2D eigenvalue weighted by Crippen LogP contribution is -2.35. The summed E-state index contributed by atoms with van der Waals surface area (Å²) in [4.78, 5) is 24.6. The van der Waals surface area contributed by atoms with E-state index in [2.05, 4.69) is 15.7 Å². The number of nitrogens with zero attached hydrogens (tertiary/aromatic N) is 2. The molecule has 0 radical (unpaired) electrons. The van der Waals surface area contributed by atoms with Crippen molar-refractivity contribution in [3.05, 3.63) is 30.0 Å². The Morgan fingerprint density at radius 1 is 1.21 bits per heavy atom. The van der Waals surface area contributed by atoms with Crippen molar-refractivity contribution in [3.8, 4) is 17.0 Å². The number of aromatic hydroxyl groups is 1. The standard InChI is InChI=1S/C21H28N4O3/c1-12(2)9-20(27)23-15-7-8-19(26)16(10-15)17-11-18(14-5-6-14)25(24-17)21(28)22-13(3)4/h7-8,10-14,26H,5-6,9H2,1-4H3,(H,22,28)(H,23,27). The number of carbonyl (C=O) groups excluding carboxylic acids is 2. The Balaban J connectivity index is 1.91. The normalized spacial score (nSPS) is 13.8. The largest absolute Gasteiger partial charge is 0.507 e. The number of nitrogens with one attached hydrogen (secondary N) is 2. The number of rotatable bonds is 6. The molecule has 1 aliphatic carbocycles. The minimum absolute atomic E-state index is 0.0000958. The molecule has 7 heteroatoms. The van der Waals surface area contributed by atoms with E-state index in [0.717, 1.165) is 18.5 Å². The zero-order chi connectivity index (χ0) is 20.4. The van der Waals surface area contributed by atoms with Gasteiger partial charge in [-0.05, 0) is 56.9 Å². The summed E-state index contributed by atoms with van der Waals surface area (Å²) in [6.45, 7) is 7.76. The fraction of sp³-hybridized carbons (Fsp3) is 0.476. The number of phenolic OH excluding ortho intramolecular Hbond substituents is 1. The minimum Gasteiger partial charge on any atom is -0.507 e. The molecule has 0 unspecified atom stereocenters. The van der Waals surface area contributed by atoms with Crippen LogP contribution in [0.4, 0.5) is 10.5 Å². The van der Waals surface area contributed by atoms with Gasteiger partial charge in [-0.1, -0.05) is 13.8 Å². The topological polar surface area (TPSA) is 96.2 Å². The third kappa shape index (κ3) is 4.71. The van der Waals surface area contributed by atoms with E-state index in [1.54, 1.807) is 12.1 Å². The molecular formula is C21H28N4O3. The van der Waals surface area contributed by atoms with E-state index in [4.69, 9.17) is 0 Å². The molecule has 7 nitrogen and oxygen atoms in total. The van der Waals surface area contributed by atoms with E-state index in [0.29, 0.717) is 29.3 Å². The summed E-state index contributed by atoms with van der Waals surface area (Å²) in [6, 6.07) is 6.46. The van der Waals surface area contributed by atoms with Gasteiger partial charge in [0.25, 0.3) is 0 Å². The Bertz CT molecular complexity index is 882. The van der Waals surface area contributed by atoms with Crippen LogP contribution >= 0.6 is 0 Å². The summed E-state index contributed by atoms with van der Waals surface area (Å²) in [5.41, 5.74) is 2.44. The van der Waals surface area contributed by atoms with Crippen molar-refractivity contribution in [1.82, 2.24) is 15.1 Å². The molecule has 1 aromatic carbocycles.